The van der Waals surface area contributed by atoms with Crippen LogP contribution in [0.1, 0.15) is 55.7 Å². The smallest absolute Gasteiger partial charge is 1.00 e. The summed E-state index contributed by atoms with van der Waals surface area (Å²) in [6.07, 6.45) is 2.58. The van der Waals surface area contributed by atoms with Crippen LogP contribution in [0.4, 0.5) is 0 Å². The molecule has 2 atom stereocenters. The third-order valence-electron chi connectivity index (χ3n) is 4.53. The second-order valence-electron chi connectivity index (χ2n) is 6.55. The standard InChI is InChI=1S/C19H30O9S.Mg.2H/c1-6-9-10-11-12-19(14(4)27-16(20)7-2,15(5)28-17(21)8-3)18(22)26-13-29(23,24)25;;;/h7-8,14-15H,2-3,6,9-13H2,1,4-5H3,(H,23,24,25);;;/q;+2;2*-1. The van der Waals surface area contributed by atoms with Crippen molar-refractivity contribution in [3.8, 4) is 0 Å². The van der Waals surface area contributed by atoms with Gasteiger partial charge in [0.2, 0.25) is 5.94 Å². The molecule has 0 rings (SSSR count). The van der Waals surface area contributed by atoms with Crippen molar-refractivity contribution in [3.05, 3.63) is 25.3 Å². The van der Waals surface area contributed by atoms with Gasteiger partial charge in [0.05, 0.1) is 0 Å². The Morgan fingerprint density at radius 1 is 1.03 bits per heavy atom. The SMILES string of the molecule is C=CC(=O)OC(C)C(CCCCCC)(C(=O)OCS(=O)(=O)O)C(C)OC(=O)C=C.[H-].[H-].[Mg+2]. The van der Waals surface area contributed by atoms with Gasteiger partial charge in [-0.25, -0.2) is 9.59 Å². The molecule has 0 aromatic rings. The van der Waals surface area contributed by atoms with Crippen LogP contribution < -0.4 is 0 Å². The molecule has 0 aromatic carbocycles. The molecule has 0 saturated carbocycles. The Bertz CT molecular complexity index is 686. The van der Waals surface area contributed by atoms with Crippen LogP contribution in [0.25, 0.3) is 0 Å². The summed E-state index contributed by atoms with van der Waals surface area (Å²) in [7, 11) is -4.61. The molecule has 0 radical (unpaired) electrons. The zero-order chi connectivity index (χ0) is 22.7. The minimum Gasteiger partial charge on any atom is -1.00 e. The van der Waals surface area contributed by atoms with Gasteiger partial charge in [-0.15, -0.1) is 0 Å². The van der Waals surface area contributed by atoms with E-state index in [0.717, 1.165) is 31.4 Å². The van der Waals surface area contributed by atoms with Crippen molar-refractivity contribution in [1.82, 2.24) is 0 Å². The summed E-state index contributed by atoms with van der Waals surface area (Å²) in [6, 6.07) is 0. The average molecular weight is 461 g/mol. The largest absolute Gasteiger partial charge is 2.00 e. The molecule has 0 heterocycles. The maximum Gasteiger partial charge on any atom is 2.00 e. The van der Waals surface area contributed by atoms with Gasteiger partial charge in [-0.05, 0) is 20.3 Å². The summed E-state index contributed by atoms with van der Waals surface area (Å²) in [6.45, 7) is 11.4. The molecule has 0 bridgehead atoms. The van der Waals surface area contributed by atoms with Crippen LogP contribution in [0.3, 0.4) is 0 Å². The molecule has 11 heteroatoms. The average Bonchev–Trinajstić information content (AvgIpc) is 2.65. The molecular weight excluding hydrogens is 429 g/mol. The van der Waals surface area contributed by atoms with Crippen molar-refractivity contribution >= 4 is 51.1 Å². The van der Waals surface area contributed by atoms with Crippen LogP contribution in [0.5, 0.6) is 0 Å². The van der Waals surface area contributed by atoms with Crippen LogP contribution in [0.15, 0.2) is 25.3 Å². The van der Waals surface area contributed by atoms with Gasteiger partial charge in [0.1, 0.15) is 17.6 Å². The number of esters is 3. The predicted octanol–water partition coefficient (Wildman–Crippen LogP) is 2.41. The van der Waals surface area contributed by atoms with E-state index in [1.54, 1.807) is 0 Å². The van der Waals surface area contributed by atoms with Crippen molar-refractivity contribution in [2.24, 2.45) is 5.41 Å². The first kappa shape index (κ1) is 30.8. The normalized spacial score (nSPS) is 14.8. The monoisotopic (exact) mass is 460 g/mol. The topological polar surface area (TPSA) is 133 Å². The fourth-order valence-electron chi connectivity index (χ4n) is 2.93. The van der Waals surface area contributed by atoms with E-state index in [1.165, 1.54) is 13.8 Å². The molecule has 0 aliphatic heterocycles. The first-order valence-corrected chi connectivity index (χ1v) is 10.8. The summed E-state index contributed by atoms with van der Waals surface area (Å²) in [5.41, 5.74) is -1.71. The predicted molar refractivity (Wildman–Crippen MR) is 113 cm³/mol. The number of carbonyl (C=O) groups is 3. The van der Waals surface area contributed by atoms with E-state index in [2.05, 4.69) is 13.2 Å². The van der Waals surface area contributed by atoms with Crippen molar-refractivity contribution in [2.75, 3.05) is 5.94 Å². The molecule has 0 aromatic heterocycles. The maximum absolute atomic E-state index is 13.0. The molecule has 0 aliphatic rings. The Kier molecular flexibility index (Phi) is 14.9. The van der Waals surface area contributed by atoms with Crippen molar-refractivity contribution < 1.29 is 44.4 Å². The molecule has 1 N–H and O–H groups in total. The summed E-state index contributed by atoms with van der Waals surface area (Å²) in [5, 5.41) is 0. The van der Waals surface area contributed by atoms with Gasteiger partial charge in [-0.2, -0.15) is 8.42 Å². The Morgan fingerprint density at radius 2 is 1.50 bits per heavy atom. The Hall–Kier alpha value is -1.43. The van der Waals surface area contributed by atoms with Gasteiger partial charge in [0, 0.05) is 12.2 Å². The molecule has 0 amide bonds. The van der Waals surface area contributed by atoms with Crippen LogP contribution >= 0.6 is 0 Å². The van der Waals surface area contributed by atoms with Gasteiger partial charge in [0.15, 0.2) is 0 Å². The van der Waals surface area contributed by atoms with E-state index in [9.17, 15) is 22.8 Å². The van der Waals surface area contributed by atoms with Gasteiger partial charge >= 0.3 is 51.1 Å². The van der Waals surface area contributed by atoms with Crippen LogP contribution in [-0.4, -0.2) is 72.1 Å². The zero-order valence-corrected chi connectivity index (χ0v) is 20.0. The second-order valence-corrected chi connectivity index (χ2v) is 7.95. The molecule has 0 spiro atoms. The van der Waals surface area contributed by atoms with E-state index in [1.807, 2.05) is 6.92 Å². The number of carbonyl (C=O) groups excluding carboxylic acids is 3. The van der Waals surface area contributed by atoms with E-state index >= 15 is 0 Å². The third kappa shape index (κ3) is 10.1. The quantitative estimate of drug-likeness (QED) is 0.103. The number of hydrogen-bond acceptors (Lipinski definition) is 8. The molecule has 30 heavy (non-hydrogen) atoms. The van der Waals surface area contributed by atoms with E-state index in [-0.39, 0.29) is 32.3 Å². The fourth-order valence-corrected chi connectivity index (χ4v) is 3.19. The minimum atomic E-state index is -4.61. The number of unbranched alkanes of at least 4 members (excludes halogenated alkanes) is 3. The molecular formula is C19H32MgO9S. The Morgan fingerprint density at radius 3 is 1.87 bits per heavy atom. The Balaban J connectivity index is -0.00000131. The van der Waals surface area contributed by atoms with Gasteiger partial charge in [-0.3, -0.25) is 9.35 Å². The van der Waals surface area contributed by atoms with Crippen LogP contribution in [0, 0.1) is 5.41 Å². The molecule has 2 unspecified atom stereocenters. The van der Waals surface area contributed by atoms with E-state index < -0.39 is 51.6 Å². The van der Waals surface area contributed by atoms with Crippen LogP contribution in [-0.2, 0) is 38.7 Å². The van der Waals surface area contributed by atoms with Gasteiger partial charge < -0.3 is 17.1 Å². The minimum absolute atomic E-state index is 0. The summed E-state index contributed by atoms with van der Waals surface area (Å²) in [4.78, 5) is 36.4. The molecule has 170 valence electrons. The summed E-state index contributed by atoms with van der Waals surface area (Å²) in [5.74, 6) is -4.01. The van der Waals surface area contributed by atoms with Gasteiger partial charge in [-0.1, -0.05) is 45.8 Å². The summed E-state index contributed by atoms with van der Waals surface area (Å²) < 4.78 is 46.2. The van der Waals surface area contributed by atoms with Gasteiger partial charge in [0.25, 0.3) is 0 Å². The maximum atomic E-state index is 13.0. The second kappa shape index (κ2) is 14.6. The van der Waals surface area contributed by atoms with Crippen LogP contribution in [0.2, 0.25) is 0 Å². The van der Waals surface area contributed by atoms with Crippen molar-refractivity contribution in [1.29, 1.82) is 0 Å². The molecule has 0 fully saturated rings. The molecule has 0 aliphatic carbocycles. The number of hydrogen-bond donors (Lipinski definition) is 1. The summed E-state index contributed by atoms with van der Waals surface area (Å²) >= 11 is 0. The zero-order valence-electron chi connectivity index (χ0n) is 19.8. The number of rotatable bonds is 14. The Labute approximate surface area is 197 Å². The van der Waals surface area contributed by atoms with Crippen molar-refractivity contribution in [3.63, 3.8) is 0 Å². The first-order valence-electron chi connectivity index (χ1n) is 9.23. The fraction of sp³-hybridized carbons (Fsp3) is 0.632. The molecule has 0 saturated heterocycles. The van der Waals surface area contributed by atoms with Crippen molar-refractivity contribution in [2.45, 2.75) is 65.1 Å². The van der Waals surface area contributed by atoms with E-state index in [4.69, 9.17) is 18.8 Å². The van der Waals surface area contributed by atoms with E-state index in [0.29, 0.717) is 6.42 Å². The third-order valence-corrected chi connectivity index (χ3v) is 4.95. The number of ether oxygens (including phenoxy) is 3. The first-order chi connectivity index (χ1) is 13.4. The molecule has 9 nitrogen and oxygen atoms in total.